The topological polar surface area (TPSA) is 103 Å². The smallest absolute Gasteiger partial charge is 0.231 e. The molecule has 0 aliphatic rings. The van der Waals surface area contributed by atoms with Crippen molar-refractivity contribution in [3.05, 3.63) is 83.0 Å². The van der Waals surface area contributed by atoms with Gasteiger partial charge in [-0.2, -0.15) is 0 Å². The number of nitrogens with two attached hydrogens (primary N) is 1. The lowest BCUT2D eigenvalue weighted by Crippen LogP contribution is -2.23. The number of methoxy groups -OCH3 is 1. The fourth-order valence-electron chi connectivity index (χ4n) is 3.06. The van der Waals surface area contributed by atoms with E-state index >= 15 is 0 Å². The molecule has 0 spiro atoms. The normalized spacial score (nSPS) is 12.5. The molecule has 1 atom stereocenters. The molecule has 0 saturated carbocycles. The summed E-state index contributed by atoms with van der Waals surface area (Å²) in [5.41, 5.74) is 9.02. The Morgan fingerprint density at radius 3 is 2.70 bits per heavy atom. The van der Waals surface area contributed by atoms with E-state index < -0.39 is 0 Å². The molecule has 7 heteroatoms. The Balaban J connectivity index is 1.64. The molecule has 7 nitrogen and oxygen atoms in total. The van der Waals surface area contributed by atoms with Gasteiger partial charge >= 0.3 is 0 Å². The first kappa shape index (κ1) is 21.3. The van der Waals surface area contributed by atoms with E-state index in [9.17, 15) is 4.79 Å². The Labute approximate surface area is 175 Å². The van der Waals surface area contributed by atoms with Crippen LogP contribution < -0.4 is 11.1 Å². The first-order valence-corrected chi connectivity index (χ1v) is 9.78. The summed E-state index contributed by atoms with van der Waals surface area (Å²) in [5.74, 6) is 0.789. The predicted octanol–water partition coefficient (Wildman–Crippen LogP) is 3.62. The molecule has 1 unspecified atom stereocenters. The predicted molar refractivity (Wildman–Crippen MR) is 117 cm³/mol. The molecule has 156 valence electrons. The molecule has 1 heterocycles. The largest absolute Gasteiger partial charge is 0.383 e. The lowest BCUT2D eigenvalue weighted by Gasteiger charge is -2.09. The van der Waals surface area contributed by atoms with Gasteiger partial charge in [-0.3, -0.25) is 15.1 Å². The Morgan fingerprint density at radius 2 is 1.93 bits per heavy atom. The monoisotopic (exact) mass is 406 g/mol. The lowest BCUT2D eigenvalue weighted by atomic mass is 9.95. The number of hydrogen-bond donors (Lipinski definition) is 2. The summed E-state index contributed by atoms with van der Waals surface area (Å²) in [6.07, 6.45) is 0.722. The van der Waals surface area contributed by atoms with Crippen molar-refractivity contribution in [3.8, 4) is 0 Å². The number of aliphatic imine (C=N–C) groups is 1. The van der Waals surface area contributed by atoms with Crippen LogP contribution in [0.25, 0.3) is 0 Å². The molecule has 3 aromatic rings. The van der Waals surface area contributed by atoms with Crippen LogP contribution in [0.4, 0.5) is 5.88 Å². The van der Waals surface area contributed by atoms with Crippen molar-refractivity contribution in [3.63, 3.8) is 0 Å². The lowest BCUT2D eigenvalue weighted by molar-refractivity contribution is 0.103. The zero-order valence-electron chi connectivity index (χ0n) is 17.2. The van der Waals surface area contributed by atoms with E-state index in [1.807, 2.05) is 60.7 Å². The van der Waals surface area contributed by atoms with E-state index in [-0.39, 0.29) is 17.7 Å². The molecule has 3 N–H and O–H groups in total. The minimum atomic E-state index is 0.0151. The maximum Gasteiger partial charge on any atom is 0.231 e. The first-order valence-electron chi connectivity index (χ1n) is 9.78. The second kappa shape index (κ2) is 10.4. The van der Waals surface area contributed by atoms with Crippen LogP contribution in [0.2, 0.25) is 0 Å². The van der Waals surface area contributed by atoms with Crippen molar-refractivity contribution in [1.82, 2.24) is 5.16 Å². The summed E-state index contributed by atoms with van der Waals surface area (Å²) in [6, 6.07) is 18.8. The van der Waals surface area contributed by atoms with Crippen molar-refractivity contribution in [2.24, 2.45) is 10.7 Å². The minimum absolute atomic E-state index is 0.0151. The van der Waals surface area contributed by atoms with Crippen LogP contribution in [-0.4, -0.2) is 37.2 Å². The summed E-state index contributed by atoms with van der Waals surface area (Å²) < 4.78 is 10.2. The Bertz CT molecular complexity index is 998. The Morgan fingerprint density at radius 1 is 1.17 bits per heavy atom. The SMILES string of the molecule is COCCN=C(N)Nc1cc(C(C)Cc2cccc(C(=O)c3ccccc3)c2)no1. The van der Waals surface area contributed by atoms with Gasteiger partial charge in [0.15, 0.2) is 11.7 Å². The van der Waals surface area contributed by atoms with Gasteiger partial charge in [-0.05, 0) is 18.1 Å². The molecule has 0 fully saturated rings. The third kappa shape index (κ3) is 5.78. The van der Waals surface area contributed by atoms with Crippen LogP contribution in [-0.2, 0) is 11.2 Å². The molecule has 0 amide bonds. The molecule has 1 aromatic heterocycles. The van der Waals surface area contributed by atoms with E-state index in [0.29, 0.717) is 30.2 Å². The van der Waals surface area contributed by atoms with Gasteiger partial charge in [0.05, 0.1) is 18.8 Å². The van der Waals surface area contributed by atoms with Crippen molar-refractivity contribution in [2.45, 2.75) is 19.3 Å². The van der Waals surface area contributed by atoms with Crippen LogP contribution in [0.3, 0.4) is 0 Å². The van der Waals surface area contributed by atoms with Gasteiger partial charge in [-0.1, -0.05) is 60.6 Å². The van der Waals surface area contributed by atoms with E-state index in [4.69, 9.17) is 15.0 Å². The third-order valence-electron chi connectivity index (χ3n) is 4.63. The number of rotatable bonds is 9. The number of carbonyl (C=O) groups excluding carboxylic acids is 1. The third-order valence-corrected chi connectivity index (χ3v) is 4.63. The van der Waals surface area contributed by atoms with Crippen LogP contribution in [0.15, 0.2) is 70.2 Å². The highest BCUT2D eigenvalue weighted by Gasteiger charge is 2.15. The van der Waals surface area contributed by atoms with Gasteiger partial charge in [0.1, 0.15) is 0 Å². The highest BCUT2D eigenvalue weighted by molar-refractivity contribution is 6.09. The van der Waals surface area contributed by atoms with E-state index in [2.05, 4.69) is 22.4 Å². The molecule has 2 aromatic carbocycles. The van der Waals surface area contributed by atoms with Crippen LogP contribution >= 0.6 is 0 Å². The van der Waals surface area contributed by atoms with Crippen LogP contribution in [0, 0.1) is 0 Å². The Hall–Kier alpha value is -3.45. The van der Waals surface area contributed by atoms with Gasteiger partial charge in [0.25, 0.3) is 0 Å². The second-order valence-corrected chi connectivity index (χ2v) is 7.00. The molecular weight excluding hydrogens is 380 g/mol. The molecule has 3 rings (SSSR count). The maximum absolute atomic E-state index is 12.7. The van der Waals surface area contributed by atoms with Gasteiger partial charge in [0.2, 0.25) is 5.88 Å². The van der Waals surface area contributed by atoms with Gasteiger partial charge in [-0.25, -0.2) is 0 Å². The number of nitrogens with zero attached hydrogens (tertiary/aromatic N) is 2. The number of guanidine groups is 1. The van der Waals surface area contributed by atoms with Crippen molar-refractivity contribution in [2.75, 3.05) is 25.6 Å². The van der Waals surface area contributed by atoms with Crippen molar-refractivity contribution in [1.29, 1.82) is 0 Å². The maximum atomic E-state index is 12.7. The van der Waals surface area contributed by atoms with E-state index in [1.165, 1.54) is 0 Å². The number of ketones is 1. The number of aromatic nitrogens is 1. The molecule has 0 bridgehead atoms. The summed E-state index contributed by atoms with van der Waals surface area (Å²) in [7, 11) is 1.61. The highest BCUT2D eigenvalue weighted by Crippen LogP contribution is 2.23. The van der Waals surface area contributed by atoms with Crippen molar-refractivity contribution >= 4 is 17.6 Å². The average molecular weight is 406 g/mol. The van der Waals surface area contributed by atoms with Gasteiger partial charge in [-0.15, -0.1) is 0 Å². The zero-order valence-corrected chi connectivity index (χ0v) is 17.2. The summed E-state index contributed by atoms with van der Waals surface area (Å²) >= 11 is 0. The van der Waals surface area contributed by atoms with E-state index in [0.717, 1.165) is 17.7 Å². The Kier molecular flexibility index (Phi) is 7.34. The number of nitrogens with one attached hydrogen (secondary N) is 1. The quantitative estimate of drug-likeness (QED) is 0.243. The number of carbonyl (C=O) groups is 1. The van der Waals surface area contributed by atoms with E-state index in [1.54, 1.807) is 7.11 Å². The standard InChI is InChI=1S/C23H26N4O3/c1-16(20-15-21(30-27-20)26-23(24)25-11-12-29-2)13-17-7-6-10-19(14-17)22(28)18-8-4-3-5-9-18/h3-10,14-16H,11-13H2,1-2H3,(H3,24,25,26). The fourth-order valence-corrected chi connectivity index (χ4v) is 3.06. The molecule has 0 aliphatic carbocycles. The van der Waals surface area contributed by atoms with Crippen LogP contribution in [0.1, 0.15) is 40.0 Å². The summed E-state index contributed by atoms with van der Waals surface area (Å²) in [6.45, 7) is 3.01. The van der Waals surface area contributed by atoms with Crippen molar-refractivity contribution < 1.29 is 14.1 Å². The molecule has 0 aliphatic heterocycles. The number of anilines is 1. The summed E-state index contributed by atoms with van der Waals surface area (Å²) in [5, 5.41) is 7.01. The van der Waals surface area contributed by atoms with Gasteiger partial charge in [0, 0.05) is 30.2 Å². The second-order valence-electron chi connectivity index (χ2n) is 7.00. The number of hydrogen-bond acceptors (Lipinski definition) is 5. The van der Waals surface area contributed by atoms with Gasteiger partial charge < -0.3 is 15.0 Å². The molecule has 0 radical (unpaired) electrons. The minimum Gasteiger partial charge on any atom is -0.383 e. The fraction of sp³-hybridized carbons (Fsp3) is 0.261. The molecular formula is C23H26N4O3. The summed E-state index contributed by atoms with van der Waals surface area (Å²) in [4.78, 5) is 16.8. The zero-order chi connectivity index (χ0) is 21.3. The molecule has 30 heavy (non-hydrogen) atoms. The number of benzene rings is 2. The average Bonchev–Trinajstić information content (AvgIpc) is 3.23. The first-order chi connectivity index (χ1) is 14.6. The molecule has 0 saturated heterocycles. The number of ether oxygens (including phenoxy) is 1. The van der Waals surface area contributed by atoms with Crippen LogP contribution in [0.5, 0.6) is 0 Å². The highest BCUT2D eigenvalue weighted by atomic mass is 16.5.